The largest absolute Gasteiger partial charge is 0.488 e. The van der Waals surface area contributed by atoms with Crippen LogP contribution in [0.3, 0.4) is 0 Å². The van der Waals surface area contributed by atoms with Crippen LogP contribution in [0.2, 0.25) is 0 Å². The van der Waals surface area contributed by atoms with E-state index in [1.54, 1.807) is 0 Å². The van der Waals surface area contributed by atoms with Crippen molar-refractivity contribution in [2.45, 2.75) is 18.9 Å². The van der Waals surface area contributed by atoms with Crippen LogP contribution in [0.4, 0.5) is 10.1 Å². The number of halogens is 1. The van der Waals surface area contributed by atoms with Crippen LogP contribution in [0, 0.1) is 5.82 Å². The third kappa shape index (κ3) is 3.12. The minimum Gasteiger partial charge on any atom is -0.488 e. The summed E-state index contributed by atoms with van der Waals surface area (Å²) in [7, 11) is 0. The van der Waals surface area contributed by atoms with Gasteiger partial charge in [-0.25, -0.2) is 9.18 Å². The maximum Gasteiger partial charge on any atom is 0.240 e. The van der Waals surface area contributed by atoms with Crippen LogP contribution in [-0.2, 0) is 9.53 Å². The summed E-state index contributed by atoms with van der Waals surface area (Å²) in [6.45, 7) is 1.08. The molecule has 17 heavy (non-hydrogen) atoms. The van der Waals surface area contributed by atoms with Crippen molar-refractivity contribution < 1.29 is 18.7 Å². The molecule has 1 heterocycles. The predicted molar refractivity (Wildman–Crippen MR) is 58.7 cm³/mol. The van der Waals surface area contributed by atoms with Crippen molar-refractivity contribution in [1.29, 1.82) is 0 Å². The molecular formula is C12H12FNO3. The zero-order valence-corrected chi connectivity index (χ0v) is 9.19. The summed E-state index contributed by atoms with van der Waals surface area (Å²) in [4.78, 5) is 13.3. The Bertz CT molecular complexity index is 437. The molecular weight excluding hydrogens is 225 g/mol. The smallest absolute Gasteiger partial charge is 0.240 e. The van der Waals surface area contributed by atoms with Crippen LogP contribution in [0.5, 0.6) is 5.75 Å². The molecule has 0 aliphatic carbocycles. The number of hydrogen-bond donors (Lipinski definition) is 0. The minimum atomic E-state index is -0.542. The second-order valence-electron chi connectivity index (χ2n) is 3.76. The van der Waals surface area contributed by atoms with Crippen molar-refractivity contribution in [3.63, 3.8) is 0 Å². The summed E-state index contributed by atoms with van der Waals surface area (Å²) in [5.41, 5.74) is 0.224. The summed E-state index contributed by atoms with van der Waals surface area (Å²) in [5.74, 6) is -0.398. The third-order valence-electron chi connectivity index (χ3n) is 2.54. The molecule has 0 saturated carbocycles. The van der Waals surface area contributed by atoms with Crippen LogP contribution >= 0.6 is 0 Å². The first-order valence-electron chi connectivity index (χ1n) is 5.41. The molecule has 2 rings (SSSR count). The number of nitrogens with zero attached hydrogens (tertiary/aromatic N) is 1. The first kappa shape index (κ1) is 11.8. The number of ether oxygens (including phenoxy) is 2. The van der Waals surface area contributed by atoms with Crippen LogP contribution in [0.1, 0.15) is 12.8 Å². The monoisotopic (exact) mass is 237 g/mol. The van der Waals surface area contributed by atoms with Crippen molar-refractivity contribution >= 4 is 11.8 Å². The van der Waals surface area contributed by atoms with E-state index in [-0.39, 0.29) is 17.5 Å². The van der Waals surface area contributed by atoms with Gasteiger partial charge in [0.15, 0.2) is 11.6 Å². The zero-order valence-electron chi connectivity index (χ0n) is 9.19. The first-order valence-corrected chi connectivity index (χ1v) is 5.41. The van der Waals surface area contributed by atoms with Gasteiger partial charge in [0.1, 0.15) is 6.61 Å². The Morgan fingerprint density at radius 3 is 3.12 bits per heavy atom. The Balaban J connectivity index is 1.98. The van der Waals surface area contributed by atoms with Crippen LogP contribution < -0.4 is 4.74 Å². The van der Waals surface area contributed by atoms with E-state index < -0.39 is 5.82 Å². The fraction of sp³-hybridized carbons (Fsp3) is 0.417. The fourth-order valence-electron chi connectivity index (χ4n) is 1.69. The summed E-state index contributed by atoms with van der Waals surface area (Å²) in [6, 6.07) is 4.08. The number of aliphatic imine (C=N–C) groups is 1. The molecule has 1 fully saturated rings. The van der Waals surface area contributed by atoms with Crippen LogP contribution in [0.25, 0.3) is 0 Å². The standard InChI is InChI=1S/C12H12FNO3/c13-11-6-9(14-8-15)3-4-12(11)17-7-10-2-1-5-16-10/h3-4,6,10H,1-2,5,7H2. The Labute approximate surface area is 98.1 Å². The molecule has 0 bridgehead atoms. The van der Waals surface area contributed by atoms with E-state index in [0.717, 1.165) is 25.5 Å². The number of hydrogen-bond acceptors (Lipinski definition) is 4. The highest BCUT2D eigenvalue weighted by Crippen LogP contribution is 2.23. The van der Waals surface area contributed by atoms with E-state index in [1.807, 2.05) is 0 Å². The highest BCUT2D eigenvalue weighted by Gasteiger charge is 2.16. The lowest BCUT2D eigenvalue weighted by molar-refractivity contribution is 0.0666. The summed E-state index contributed by atoms with van der Waals surface area (Å²) in [5, 5.41) is 0. The molecule has 1 unspecified atom stereocenters. The number of carbonyl (C=O) groups excluding carboxylic acids is 1. The second kappa shape index (κ2) is 5.57. The second-order valence-corrected chi connectivity index (χ2v) is 3.76. The molecule has 90 valence electrons. The molecule has 1 saturated heterocycles. The molecule has 1 aromatic carbocycles. The van der Waals surface area contributed by atoms with Gasteiger partial charge in [0.2, 0.25) is 6.08 Å². The molecule has 0 radical (unpaired) electrons. The normalized spacial score (nSPS) is 18.8. The average Bonchev–Trinajstić information content (AvgIpc) is 2.81. The van der Waals surface area contributed by atoms with Crippen LogP contribution in [0.15, 0.2) is 23.2 Å². The van der Waals surface area contributed by atoms with Gasteiger partial charge in [0.05, 0.1) is 11.8 Å². The molecule has 1 aliphatic heterocycles. The van der Waals surface area contributed by atoms with Gasteiger partial charge in [-0.05, 0) is 25.0 Å². The van der Waals surface area contributed by atoms with E-state index >= 15 is 0 Å². The van der Waals surface area contributed by atoms with E-state index in [4.69, 9.17) is 9.47 Å². The molecule has 0 N–H and O–H groups in total. The first-order chi connectivity index (χ1) is 8.29. The Morgan fingerprint density at radius 2 is 2.47 bits per heavy atom. The quantitative estimate of drug-likeness (QED) is 0.596. The van der Waals surface area contributed by atoms with Gasteiger partial charge in [-0.2, -0.15) is 4.99 Å². The zero-order chi connectivity index (χ0) is 12.1. The van der Waals surface area contributed by atoms with E-state index in [9.17, 15) is 9.18 Å². The SMILES string of the molecule is O=C=Nc1ccc(OCC2CCCO2)c(F)c1. The number of rotatable bonds is 4. The third-order valence-corrected chi connectivity index (χ3v) is 2.54. The predicted octanol–water partition coefficient (Wildman–Crippen LogP) is 2.35. The molecule has 0 amide bonds. The summed E-state index contributed by atoms with van der Waals surface area (Å²) < 4.78 is 24.2. The van der Waals surface area contributed by atoms with E-state index in [1.165, 1.54) is 18.2 Å². The number of benzene rings is 1. The molecule has 5 heteroatoms. The lowest BCUT2D eigenvalue weighted by Crippen LogP contribution is -2.16. The topological polar surface area (TPSA) is 47.9 Å². The minimum absolute atomic E-state index is 0.0436. The molecule has 0 aromatic heterocycles. The molecule has 4 nitrogen and oxygen atoms in total. The molecule has 1 aliphatic rings. The van der Waals surface area contributed by atoms with Gasteiger partial charge < -0.3 is 9.47 Å². The highest BCUT2D eigenvalue weighted by molar-refractivity contribution is 5.50. The van der Waals surface area contributed by atoms with Gasteiger partial charge in [-0.15, -0.1) is 0 Å². The van der Waals surface area contributed by atoms with Gasteiger partial charge in [0.25, 0.3) is 0 Å². The maximum absolute atomic E-state index is 13.5. The summed E-state index contributed by atoms with van der Waals surface area (Å²) in [6.07, 6.45) is 3.36. The van der Waals surface area contributed by atoms with Gasteiger partial charge >= 0.3 is 0 Å². The lowest BCUT2D eigenvalue weighted by atomic mass is 10.2. The summed E-state index contributed by atoms with van der Waals surface area (Å²) >= 11 is 0. The van der Waals surface area contributed by atoms with Crippen molar-refractivity contribution in [1.82, 2.24) is 0 Å². The Morgan fingerprint density at radius 1 is 1.59 bits per heavy atom. The maximum atomic E-state index is 13.5. The van der Waals surface area contributed by atoms with E-state index in [0.29, 0.717) is 6.61 Å². The Hall–Kier alpha value is -1.71. The van der Waals surface area contributed by atoms with Crippen LogP contribution in [-0.4, -0.2) is 25.4 Å². The van der Waals surface area contributed by atoms with Gasteiger partial charge in [0, 0.05) is 12.7 Å². The average molecular weight is 237 g/mol. The van der Waals surface area contributed by atoms with Gasteiger partial charge in [-0.1, -0.05) is 0 Å². The fourth-order valence-corrected chi connectivity index (χ4v) is 1.69. The van der Waals surface area contributed by atoms with Crippen molar-refractivity contribution in [3.8, 4) is 5.75 Å². The highest BCUT2D eigenvalue weighted by atomic mass is 19.1. The molecule has 1 atom stereocenters. The van der Waals surface area contributed by atoms with Crippen molar-refractivity contribution in [2.75, 3.05) is 13.2 Å². The number of isocyanates is 1. The van der Waals surface area contributed by atoms with Crippen molar-refractivity contribution in [2.24, 2.45) is 4.99 Å². The lowest BCUT2D eigenvalue weighted by Gasteiger charge is -2.11. The Kier molecular flexibility index (Phi) is 3.85. The van der Waals surface area contributed by atoms with E-state index in [2.05, 4.69) is 4.99 Å². The van der Waals surface area contributed by atoms with Crippen molar-refractivity contribution in [3.05, 3.63) is 24.0 Å². The molecule has 1 aromatic rings. The van der Waals surface area contributed by atoms with Gasteiger partial charge in [-0.3, -0.25) is 0 Å². The molecule has 0 spiro atoms.